The number of halogens is 1. The van der Waals surface area contributed by atoms with Crippen molar-refractivity contribution < 1.29 is 15.0 Å². The first-order valence-electron chi connectivity index (χ1n) is 5.89. The molecule has 0 saturated carbocycles. The maximum absolute atomic E-state index is 11.7. The first-order valence-corrected chi connectivity index (χ1v) is 6.42. The van der Waals surface area contributed by atoms with Gasteiger partial charge in [-0.3, -0.25) is 4.79 Å². The first kappa shape index (κ1) is 14.6. The molecule has 1 rings (SSSR count). The molecule has 5 heteroatoms. The summed E-state index contributed by atoms with van der Waals surface area (Å²) in [5.41, 5.74) is 0.810. The molecule has 3 N–H and O–H groups in total. The summed E-state index contributed by atoms with van der Waals surface area (Å²) in [5.74, 6) is -0.0160. The van der Waals surface area contributed by atoms with Gasteiger partial charge in [-0.15, -0.1) is 11.6 Å². The number of benzene rings is 1. The summed E-state index contributed by atoms with van der Waals surface area (Å²) in [7, 11) is 0. The van der Waals surface area contributed by atoms with Crippen LogP contribution in [0.2, 0.25) is 0 Å². The van der Waals surface area contributed by atoms with Crippen molar-refractivity contribution in [1.29, 1.82) is 0 Å². The van der Waals surface area contributed by atoms with E-state index in [2.05, 4.69) is 5.32 Å². The van der Waals surface area contributed by atoms with Crippen molar-refractivity contribution in [3.8, 4) is 11.5 Å². The zero-order valence-corrected chi connectivity index (χ0v) is 11.1. The van der Waals surface area contributed by atoms with Crippen molar-refractivity contribution in [1.82, 2.24) is 5.32 Å². The molecule has 18 heavy (non-hydrogen) atoms. The number of alkyl halides is 1. The molecule has 0 saturated heterocycles. The third-order valence-corrected chi connectivity index (χ3v) is 2.91. The Balaban J connectivity index is 2.50. The number of carbonyl (C=O) groups excluding carboxylic acids is 1. The van der Waals surface area contributed by atoms with Gasteiger partial charge in [0.25, 0.3) is 0 Å². The van der Waals surface area contributed by atoms with Gasteiger partial charge in [-0.25, -0.2) is 0 Å². The van der Waals surface area contributed by atoms with E-state index in [1.54, 1.807) is 6.07 Å². The SMILES string of the molecule is CC(Cc1ccc(O)c(O)c1)C(=O)NCCCCl. The molecule has 0 aliphatic carbocycles. The van der Waals surface area contributed by atoms with Crippen LogP contribution in [0.3, 0.4) is 0 Å². The van der Waals surface area contributed by atoms with E-state index in [-0.39, 0.29) is 23.3 Å². The van der Waals surface area contributed by atoms with Gasteiger partial charge < -0.3 is 15.5 Å². The minimum absolute atomic E-state index is 0.0346. The molecule has 1 aromatic carbocycles. The minimum atomic E-state index is -0.190. The highest BCUT2D eigenvalue weighted by molar-refractivity contribution is 6.17. The van der Waals surface area contributed by atoms with Gasteiger partial charge in [0, 0.05) is 18.3 Å². The van der Waals surface area contributed by atoms with Gasteiger partial charge in [-0.2, -0.15) is 0 Å². The smallest absolute Gasteiger partial charge is 0.223 e. The van der Waals surface area contributed by atoms with Crippen LogP contribution < -0.4 is 5.32 Å². The highest BCUT2D eigenvalue weighted by atomic mass is 35.5. The molecule has 0 heterocycles. The second kappa shape index (κ2) is 7.11. The van der Waals surface area contributed by atoms with E-state index in [0.717, 1.165) is 12.0 Å². The van der Waals surface area contributed by atoms with E-state index < -0.39 is 0 Å². The topological polar surface area (TPSA) is 69.6 Å². The number of nitrogens with one attached hydrogen (secondary N) is 1. The molecule has 0 aromatic heterocycles. The van der Waals surface area contributed by atoms with Crippen molar-refractivity contribution >= 4 is 17.5 Å². The van der Waals surface area contributed by atoms with Crippen LogP contribution >= 0.6 is 11.6 Å². The van der Waals surface area contributed by atoms with Gasteiger partial charge in [0.1, 0.15) is 0 Å². The second-order valence-corrected chi connectivity index (χ2v) is 4.64. The van der Waals surface area contributed by atoms with Crippen molar-refractivity contribution in [2.75, 3.05) is 12.4 Å². The summed E-state index contributed by atoms with van der Waals surface area (Å²) < 4.78 is 0. The Kier molecular flexibility index (Phi) is 5.78. The summed E-state index contributed by atoms with van der Waals surface area (Å²) in [6, 6.07) is 4.58. The van der Waals surface area contributed by atoms with Gasteiger partial charge in [0.05, 0.1) is 0 Å². The number of hydrogen-bond donors (Lipinski definition) is 3. The van der Waals surface area contributed by atoms with Gasteiger partial charge in [0.2, 0.25) is 5.91 Å². The Hall–Kier alpha value is -1.42. The predicted octanol–water partition coefficient (Wildman–Crippen LogP) is 2.02. The molecule has 0 aliphatic heterocycles. The predicted molar refractivity (Wildman–Crippen MR) is 71.0 cm³/mol. The quantitative estimate of drug-likeness (QED) is 0.421. The molecule has 1 amide bonds. The van der Waals surface area contributed by atoms with Crippen LogP contribution in [0.15, 0.2) is 18.2 Å². The number of amides is 1. The molecule has 4 nitrogen and oxygen atoms in total. The minimum Gasteiger partial charge on any atom is -0.504 e. The van der Waals surface area contributed by atoms with Gasteiger partial charge in [-0.1, -0.05) is 13.0 Å². The average Bonchev–Trinajstić information content (AvgIpc) is 2.34. The van der Waals surface area contributed by atoms with Gasteiger partial charge in [-0.05, 0) is 30.5 Å². The van der Waals surface area contributed by atoms with E-state index in [0.29, 0.717) is 18.8 Å². The number of aromatic hydroxyl groups is 2. The number of rotatable bonds is 6. The maximum Gasteiger partial charge on any atom is 0.223 e. The van der Waals surface area contributed by atoms with Gasteiger partial charge in [0.15, 0.2) is 11.5 Å². The lowest BCUT2D eigenvalue weighted by atomic mass is 10.00. The Labute approximate surface area is 112 Å². The molecule has 0 aliphatic rings. The van der Waals surface area contributed by atoms with Crippen LogP contribution in [-0.4, -0.2) is 28.5 Å². The van der Waals surface area contributed by atoms with Crippen molar-refractivity contribution in [3.63, 3.8) is 0 Å². The van der Waals surface area contributed by atoms with E-state index >= 15 is 0 Å². The molecule has 0 bridgehead atoms. The lowest BCUT2D eigenvalue weighted by molar-refractivity contribution is -0.124. The summed E-state index contributed by atoms with van der Waals surface area (Å²) in [4.78, 5) is 11.7. The fraction of sp³-hybridized carbons (Fsp3) is 0.462. The normalized spacial score (nSPS) is 12.1. The monoisotopic (exact) mass is 271 g/mol. The third kappa shape index (κ3) is 4.45. The lowest BCUT2D eigenvalue weighted by Crippen LogP contribution is -2.31. The largest absolute Gasteiger partial charge is 0.504 e. The van der Waals surface area contributed by atoms with Crippen LogP contribution in [-0.2, 0) is 11.2 Å². The van der Waals surface area contributed by atoms with E-state index in [1.807, 2.05) is 6.92 Å². The third-order valence-electron chi connectivity index (χ3n) is 2.64. The summed E-state index contributed by atoms with van der Waals surface area (Å²) in [6.45, 7) is 2.40. The number of hydrogen-bond acceptors (Lipinski definition) is 3. The van der Waals surface area contributed by atoms with Crippen LogP contribution in [0.25, 0.3) is 0 Å². The zero-order valence-electron chi connectivity index (χ0n) is 10.3. The molecular weight excluding hydrogens is 254 g/mol. The van der Waals surface area contributed by atoms with Crippen LogP contribution in [0.4, 0.5) is 0 Å². The zero-order chi connectivity index (χ0) is 13.5. The standard InChI is InChI=1S/C13H18ClNO3/c1-9(13(18)15-6-2-5-14)7-10-3-4-11(16)12(17)8-10/h3-4,8-9,16-17H,2,5-7H2,1H3,(H,15,18). The van der Waals surface area contributed by atoms with Crippen LogP contribution in [0.5, 0.6) is 11.5 Å². The van der Waals surface area contributed by atoms with Crippen LogP contribution in [0.1, 0.15) is 18.9 Å². The van der Waals surface area contributed by atoms with E-state index in [1.165, 1.54) is 12.1 Å². The molecule has 100 valence electrons. The summed E-state index contributed by atoms with van der Waals surface area (Å²) >= 11 is 5.52. The number of phenols is 2. The fourth-order valence-electron chi connectivity index (χ4n) is 1.59. The number of phenolic OH excluding ortho intramolecular Hbond substituents is 2. The fourth-order valence-corrected chi connectivity index (χ4v) is 1.73. The summed E-state index contributed by atoms with van der Waals surface area (Å²) in [6.07, 6.45) is 1.26. The molecule has 1 atom stereocenters. The molecule has 0 fully saturated rings. The van der Waals surface area contributed by atoms with Crippen molar-refractivity contribution in [2.45, 2.75) is 19.8 Å². The second-order valence-electron chi connectivity index (χ2n) is 4.26. The van der Waals surface area contributed by atoms with Crippen LogP contribution in [0, 0.1) is 5.92 Å². The lowest BCUT2D eigenvalue weighted by Gasteiger charge is -2.12. The van der Waals surface area contributed by atoms with Crippen molar-refractivity contribution in [3.05, 3.63) is 23.8 Å². The average molecular weight is 272 g/mol. The maximum atomic E-state index is 11.7. The molecule has 1 unspecified atom stereocenters. The van der Waals surface area contributed by atoms with E-state index in [4.69, 9.17) is 11.6 Å². The molecule has 1 aromatic rings. The molecule has 0 spiro atoms. The Bertz CT molecular complexity index is 409. The molecule has 0 radical (unpaired) electrons. The molecular formula is C13H18ClNO3. The Morgan fingerprint density at radius 3 is 2.72 bits per heavy atom. The highest BCUT2D eigenvalue weighted by Gasteiger charge is 2.13. The Morgan fingerprint density at radius 1 is 1.39 bits per heavy atom. The summed E-state index contributed by atoms with van der Waals surface area (Å²) in [5, 5.41) is 21.3. The van der Waals surface area contributed by atoms with Crippen molar-refractivity contribution in [2.24, 2.45) is 5.92 Å². The van der Waals surface area contributed by atoms with Gasteiger partial charge >= 0.3 is 0 Å². The number of carbonyl (C=O) groups is 1. The highest BCUT2D eigenvalue weighted by Crippen LogP contribution is 2.25. The first-order chi connectivity index (χ1) is 8.54. The Morgan fingerprint density at radius 2 is 2.11 bits per heavy atom. The van der Waals surface area contributed by atoms with E-state index in [9.17, 15) is 15.0 Å².